The van der Waals surface area contributed by atoms with Crippen LogP contribution < -0.4 is 10.2 Å². The minimum Gasteiger partial charge on any atom is -0.466 e. The highest BCUT2D eigenvalue weighted by atomic mass is 16.5. The van der Waals surface area contributed by atoms with Gasteiger partial charge in [0.25, 0.3) is 0 Å². The van der Waals surface area contributed by atoms with Gasteiger partial charge in [0.05, 0.1) is 23.9 Å². The first kappa shape index (κ1) is 24.8. The minimum absolute atomic E-state index is 0.0381. The number of anilines is 2. The standard InChI is InChI=1S/C26H35N5O4/c1-4-35-26(34)21-12-16-30(17-13-21)25(33)20-10-14-29(15-11-20)24-23(27-19(3)32)18(2)28-31(24)22-8-6-5-7-9-22/h5-9,20-21H,4,10-17H2,1-3H3,(H,27,32). The number of carbonyl (C=O) groups is 3. The molecule has 0 unspecified atom stereocenters. The summed E-state index contributed by atoms with van der Waals surface area (Å²) in [6, 6.07) is 9.86. The first-order valence-corrected chi connectivity index (χ1v) is 12.5. The van der Waals surface area contributed by atoms with Crippen molar-refractivity contribution in [3.8, 4) is 5.69 Å². The van der Waals surface area contributed by atoms with Gasteiger partial charge in [-0.05, 0) is 51.7 Å². The fraction of sp³-hybridized carbons (Fsp3) is 0.538. The van der Waals surface area contributed by atoms with Crippen molar-refractivity contribution in [2.24, 2.45) is 11.8 Å². The van der Waals surface area contributed by atoms with Gasteiger partial charge in [0, 0.05) is 39.0 Å². The van der Waals surface area contributed by atoms with Crippen LogP contribution in [0.1, 0.15) is 45.2 Å². The largest absolute Gasteiger partial charge is 0.466 e. The Balaban J connectivity index is 1.44. The number of amides is 2. The Hall–Kier alpha value is -3.36. The lowest BCUT2D eigenvalue weighted by Crippen LogP contribution is -2.46. The fourth-order valence-electron chi connectivity index (χ4n) is 5.07. The number of hydrogen-bond donors (Lipinski definition) is 1. The second-order valence-electron chi connectivity index (χ2n) is 9.33. The highest BCUT2D eigenvalue weighted by Gasteiger charge is 2.34. The molecular weight excluding hydrogens is 446 g/mol. The summed E-state index contributed by atoms with van der Waals surface area (Å²) in [5, 5.41) is 7.68. The van der Waals surface area contributed by atoms with Crippen molar-refractivity contribution in [3.63, 3.8) is 0 Å². The lowest BCUT2D eigenvalue weighted by molar-refractivity contribution is -0.152. The van der Waals surface area contributed by atoms with E-state index in [9.17, 15) is 14.4 Å². The lowest BCUT2D eigenvalue weighted by atomic mass is 9.92. The Kier molecular flexibility index (Phi) is 7.73. The van der Waals surface area contributed by atoms with Crippen LogP contribution in [0.25, 0.3) is 5.69 Å². The van der Waals surface area contributed by atoms with Gasteiger partial charge < -0.3 is 19.9 Å². The highest BCUT2D eigenvalue weighted by molar-refractivity contribution is 5.93. The van der Waals surface area contributed by atoms with Crippen LogP contribution in [0.5, 0.6) is 0 Å². The van der Waals surface area contributed by atoms with E-state index in [0.29, 0.717) is 51.3 Å². The second-order valence-corrected chi connectivity index (χ2v) is 9.33. The molecule has 0 aliphatic carbocycles. The predicted molar refractivity (Wildman–Crippen MR) is 133 cm³/mol. The van der Waals surface area contributed by atoms with Gasteiger partial charge in [0.15, 0.2) is 5.82 Å². The van der Waals surface area contributed by atoms with Gasteiger partial charge in [0.2, 0.25) is 11.8 Å². The zero-order chi connectivity index (χ0) is 24.9. The summed E-state index contributed by atoms with van der Waals surface area (Å²) in [5.41, 5.74) is 2.39. The van der Waals surface area contributed by atoms with E-state index < -0.39 is 0 Å². The van der Waals surface area contributed by atoms with Crippen molar-refractivity contribution in [2.75, 3.05) is 43.0 Å². The maximum Gasteiger partial charge on any atom is 0.309 e. The molecular formula is C26H35N5O4. The minimum atomic E-state index is -0.145. The molecule has 9 heteroatoms. The molecule has 2 saturated heterocycles. The molecule has 9 nitrogen and oxygen atoms in total. The number of esters is 1. The summed E-state index contributed by atoms with van der Waals surface area (Å²) < 4.78 is 7.02. The molecule has 2 aromatic rings. The maximum atomic E-state index is 13.2. The van der Waals surface area contributed by atoms with Gasteiger partial charge in [-0.2, -0.15) is 5.10 Å². The van der Waals surface area contributed by atoms with Gasteiger partial charge in [-0.25, -0.2) is 4.68 Å². The number of likely N-dealkylation sites (tertiary alicyclic amines) is 1. The van der Waals surface area contributed by atoms with Gasteiger partial charge in [0.1, 0.15) is 5.69 Å². The summed E-state index contributed by atoms with van der Waals surface area (Å²) in [5.74, 6) is 0.608. The number of benzene rings is 1. The summed E-state index contributed by atoms with van der Waals surface area (Å²) in [6.45, 7) is 8.20. The predicted octanol–water partition coefficient (Wildman–Crippen LogP) is 3.16. The average Bonchev–Trinajstić information content (AvgIpc) is 3.19. The Bertz CT molecular complexity index is 1050. The van der Waals surface area contributed by atoms with Crippen molar-refractivity contribution in [3.05, 3.63) is 36.0 Å². The molecule has 3 heterocycles. The van der Waals surface area contributed by atoms with Crippen LogP contribution in [-0.4, -0.2) is 65.2 Å². The number of rotatable bonds is 6. The zero-order valence-electron chi connectivity index (χ0n) is 20.8. The van der Waals surface area contributed by atoms with E-state index in [1.54, 1.807) is 0 Å². The van der Waals surface area contributed by atoms with Crippen molar-refractivity contribution >= 4 is 29.3 Å². The number of ether oxygens (including phenoxy) is 1. The molecule has 2 amide bonds. The quantitative estimate of drug-likeness (QED) is 0.637. The smallest absolute Gasteiger partial charge is 0.309 e. The fourth-order valence-corrected chi connectivity index (χ4v) is 5.07. The van der Waals surface area contributed by atoms with Gasteiger partial charge in [-0.15, -0.1) is 0 Å². The highest BCUT2D eigenvalue weighted by Crippen LogP contribution is 2.35. The van der Waals surface area contributed by atoms with E-state index in [1.807, 2.05) is 53.8 Å². The van der Waals surface area contributed by atoms with Crippen molar-refractivity contribution in [1.82, 2.24) is 14.7 Å². The van der Waals surface area contributed by atoms with Crippen molar-refractivity contribution in [2.45, 2.75) is 46.5 Å². The molecule has 0 spiro atoms. The van der Waals surface area contributed by atoms with E-state index in [2.05, 4.69) is 10.2 Å². The molecule has 1 aromatic carbocycles. The van der Waals surface area contributed by atoms with Gasteiger partial charge >= 0.3 is 5.97 Å². The van der Waals surface area contributed by atoms with Crippen LogP contribution >= 0.6 is 0 Å². The average molecular weight is 482 g/mol. The number of aryl methyl sites for hydroxylation is 1. The lowest BCUT2D eigenvalue weighted by Gasteiger charge is -2.37. The van der Waals surface area contributed by atoms with Crippen LogP contribution in [0.15, 0.2) is 30.3 Å². The molecule has 0 saturated carbocycles. The molecule has 4 rings (SSSR count). The molecule has 2 aliphatic rings. The van der Waals surface area contributed by atoms with Gasteiger partial charge in [-0.1, -0.05) is 18.2 Å². The van der Waals surface area contributed by atoms with Crippen LogP contribution in [0.2, 0.25) is 0 Å². The Morgan fingerprint density at radius 3 is 2.23 bits per heavy atom. The summed E-state index contributed by atoms with van der Waals surface area (Å²) in [7, 11) is 0. The van der Waals surface area contributed by atoms with E-state index >= 15 is 0 Å². The number of carbonyl (C=O) groups excluding carboxylic acids is 3. The molecule has 35 heavy (non-hydrogen) atoms. The van der Waals surface area contributed by atoms with E-state index in [0.717, 1.165) is 30.0 Å². The molecule has 0 atom stereocenters. The Labute approximate surface area is 206 Å². The number of nitrogens with one attached hydrogen (secondary N) is 1. The molecule has 0 radical (unpaired) electrons. The first-order valence-electron chi connectivity index (χ1n) is 12.5. The first-order chi connectivity index (χ1) is 16.9. The molecule has 1 N–H and O–H groups in total. The molecule has 2 fully saturated rings. The molecule has 1 aromatic heterocycles. The normalized spacial score (nSPS) is 17.3. The zero-order valence-corrected chi connectivity index (χ0v) is 20.8. The maximum absolute atomic E-state index is 13.2. The van der Waals surface area contributed by atoms with E-state index in [1.165, 1.54) is 6.92 Å². The van der Waals surface area contributed by atoms with Crippen LogP contribution in [0.3, 0.4) is 0 Å². The Morgan fingerprint density at radius 1 is 1.00 bits per heavy atom. The van der Waals surface area contributed by atoms with Crippen LogP contribution in [0.4, 0.5) is 11.5 Å². The third-order valence-corrected chi connectivity index (χ3v) is 6.91. The summed E-state index contributed by atoms with van der Waals surface area (Å²) in [4.78, 5) is 41.3. The van der Waals surface area contributed by atoms with Gasteiger partial charge in [-0.3, -0.25) is 14.4 Å². The Morgan fingerprint density at radius 2 is 1.63 bits per heavy atom. The van der Waals surface area contributed by atoms with E-state index in [-0.39, 0.29) is 29.6 Å². The number of nitrogens with zero attached hydrogens (tertiary/aromatic N) is 4. The number of hydrogen-bond acceptors (Lipinski definition) is 6. The third-order valence-electron chi connectivity index (χ3n) is 6.91. The second kappa shape index (κ2) is 10.9. The number of aromatic nitrogens is 2. The van der Waals surface area contributed by atoms with Crippen molar-refractivity contribution < 1.29 is 19.1 Å². The van der Waals surface area contributed by atoms with Crippen molar-refractivity contribution in [1.29, 1.82) is 0 Å². The third kappa shape index (κ3) is 5.49. The van der Waals surface area contributed by atoms with E-state index in [4.69, 9.17) is 9.84 Å². The number of para-hydroxylation sites is 1. The van der Waals surface area contributed by atoms with Crippen LogP contribution in [-0.2, 0) is 19.1 Å². The molecule has 2 aliphatic heterocycles. The number of piperidine rings is 2. The van der Waals surface area contributed by atoms with Crippen LogP contribution in [0, 0.1) is 18.8 Å². The summed E-state index contributed by atoms with van der Waals surface area (Å²) in [6.07, 6.45) is 2.79. The monoisotopic (exact) mass is 481 g/mol. The topological polar surface area (TPSA) is 96.8 Å². The molecule has 188 valence electrons. The SMILES string of the molecule is CCOC(=O)C1CCN(C(=O)C2CCN(c3c(NC(C)=O)c(C)nn3-c3ccccc3)CC2)CC1. The summed E-state index contributed by atoms with van der Waals surface area (Å²) >= 11 is 0. The molecule has 0 bridgehead atoms.